The molecule has 1 aromatic heterocycles. The van der Waals surface area contributed by atoms with E-state index in [-0.39, 0.29) is 17.6 Å². The van der Waals surface area contributed by atoms with E-state index in [9.17, 15) is 14.7 Å². The van der Waals surface area contributed by atoms with Crippen LogP contribution in [0, 0.1) is 0 Å². The van der Waals surface area contributed by atoms with Gasteiger partial charge in [0, 0.05) is 44.0 Å². The molecule has 0 radical (unpaired) electrons. The van der Waals surface area contributed by atoms with Gasteiger partial charge >= 0.3 is 0 Å². The fourth-order valence-corrected chi connectivity index (χ4v) is 3.07. The summed E-state index contributed by atoms with van der Waals surface area (Å²) in [5.41, 5.74) is 2.29. The molecule has 3 rings (SSSR count). The highest BCUT2D eigenvalue weighted by atomic mass is 16.3. The molecule has 0 aliphatic carbocycles. The lowest BCUT2D eigenvalue weighted by Gasteiger charge is -2.30. The average Bonchev–Trinajstić information content (AvgIpc) is 2.62. The minimum atomic E-state index is -0.291. The summed E-state index contributed by atoms with van der Waals surface area (Å²) < 4.78 is 0. The van der Waals surface area contributed by atoms with Crippen molar-refractivity contribution in [2.75, 3.05) is 13.1 Å². The number of nitrogens with one attached hydrogen (secondary N) is 2. The first-order chi connectivity index (χ1) is 12.1. The van der Waals surface area contributed by atoms with Crippen LogP contribution < -0.4 is 10.9 Å². The summed E-state index contributed by atoms with van der Waals surface area (Å²) in [7, 11) is 0. The average molecular weight is 341 g/mol. The van der Waals surface area contributed by atoms with Crippen LogP contribution in [0.4, 0.5) is 0 Å². The quantitative estimate of drug-likeness (QED) is 0.764. The number of aliphatic hydroxyl groups excluding tert-OH is 1. The Kier molecular flexibility index (Phi) is 5.63. The number of benzene rings is 1. The van der Waals surface area contributed by atoms with Crippen LogP contribution >= 0.6 is 0 Å². The maximum Gasteiger partial charge on any atom is 0.251 e. The standard InChI is InChI=1S/C19H23N3O3/c23-17-6-9-22(10-7-17)13-16-4-2-1-3-15(16)12-21-19(25)14-5-8-20-18(24)11-14/h1-5,8,11,17,23H,6-7,9-10,12-13H2,(H,20,24)(H,21,25). The first-order valence-corrected chi connectivity index (χ1v) is 8.56. The van der Waals surface area contributed by atoms with Gasteiger partial charge in [-0.1, -0.05) is 24.3 Å². The zero-order valence-corrected chi connectivity index (χ0v) is 14.1. The SMILES string of the molecule is O=C(NCc1ccccc1CN1CCC(O)CC1)c1cc[nH]c(=O)c1. The fourth-order valence-electron chi connectivity index (χ4n) is 3.07. The predicted molar refractivity (Wildman–Crippen MR) is 95.2 cm³/mol. The predicted octanol–water partition coefficient (Wildman–Crippen LogP) is 1.26. The third kappa shape index (κ3) is 4.78. The molecule has 0 saturated carbocycles. The van der Waals surface area contributed by atoms with Crippen LogP contribution in [0.15, 0.2) is 47.4 Å². The summed E-state index contributed by atoms with van der Waals surface area (Å²) in [5.74, 6) is -0.262. The minimum Gasteiger partial charge on any atom is -0.393 e. The number of H-pyrrole nitrogens is 1. The van der Waals surface area contributed by atoms with Gasteiger partial charge in [-0.3, -0.25) is 14.5 Å². The van der Waals surface area contributed by atoms with Crippen LogP contribution in [0.5, 0.6) is 0 Å². The summed E-state index contributed by atoms with van der Waals surface area (Å²) >= 11 is 0. The van der Waals surface area contributed by atoms with Gasteiger partial charge < -0.3 is 15.4 Å². The largest absolute Gasteiger partial charge is 0.393 e. The van der Waals surface area contributed by atoms with E-state index in [1.807, 2.05) is 18.2 Å². The Morgan fingerprint density at radius 3 is 2.64 bits per heavy atom. The number of hydrogen-bond acceptors (Lipinski definition) is 4. The number of aromatic amines is 1. The van der Waals surface area contributed by atoms with E-state index in [0.29, 0.717) is 12.1 Å². The third-order valence-corrected chi connectivity index (χ3v) is 4.55. The molecule has 132 valence electrons. The number of hydrogen-bond donors (Lipinski definition) is 3. The Morgan fingerprint density at radius 1 is 1.20 bits per heavy atom. The number of carbonyl (C=O) groups is 1. The number of nitrogens with zero attached hydrogens (tertiary/aromatic N) is 1. The van der Waals surface area contributed by atoms with Gasteiger partial charge in [-0.2, -0.15) is 0 Å². The highest BCUT2D eigenvalue weighted by molar-refractivity contribution is 5.93. The lowest BCUT2D eigenvalue weighted by molar-refractivity contribution is 0.0790. The number of amides is 1. The molecule has 1 aliphatic rings. The van der Waals surface area contributed by atoms with Gasteiger partial charge in [0.05, 0.1) is 6.10 Å². The number of rotatable bonds is 5. The lowest BCUT2D eigenvalue weighted by Crippen LogP contribution is -2.35. The Labute approximate surface area is 146 Å². The Morgan fingerprint density at radius 2 is 1.92 bits per heavy atom. The molecule has 1 aromatic carbocycles. The maximum absolute atomic E-state index is 12.2. The molecule has 6 nitrogen and oxygen atoms in total. The van der Waals surface area contributed by atoms with E-state index in [2.05, 4.69) is 21.3 Å². The van der Waals surface area contributed by atoms with Crippen LogP contribution in [0.2, 0.25) is 0 Å². The highest BCUT2D eigenvalue weighted by Gasteiger charge is 2.18. The molecule has 2 aromatic rings. The molecular formula is C19H23N3O3. The van der Waals surface area contributed by atoms with Gasteiger partial charge in [0.25, 0.3) is 5.91 Å². The smallest absolute Gasteiger partial charge is 0.251 e. The number of piperidine rings is 1. The normalized spacial score (nSPS) is 15.9. The molecule has 0 spiro atoms. The summed E-state index contributed by atoms with van der Waals surface area (Å²) in [6.45, 7) is 2.99. The molecule has 6 heteroatoms. The summed E-state index contributed by atoms with van der Waals surface area (Å²) in [5, 5.41) is 12.5. The van der Waals surface area contributed by atoms with Gasteiger partial charge in [0.2, 0.25) is 5.56 Å². The maximum atomic E-state index is 12.2. The van der Waals surface area contributed by atoms with Crippen LogP contribution in [-0.2, 0) is 13.1 Å². The monoisotopic (exact) mass is 341 g/mol. The highest BCUT2D eigenvalue weighted by Crippen LogP contribution is 2.16. The second kappa shape index (κ2) is 8.09. The molecule has 3 N–H and O–H groups in total. The van der Waals surface area contributed by atoms with E-state index in [4.69, 9.17) is 0 Å². The number of aromatic nitrogens is 1. The van der Waals surface area contributed by atoms with Crippen molar-refractivity contribution < 1.29 is 9.90 Å². The van der Waals surface area contributed by atoms with Crippen LogP contribution in [0.3, 0.4) is 0 Å². The minimum absolute atomic E-state index is 0.181. The van der Waals surface area contributed by atoms with Gasteiger partial charge in [0.15, 0.2) is 0 Å². The Hall–Kier alpha value is -2.44. The Balaban J connectivity index is 1.63. The van der Waals surface area contributed by atoms with Crippen molar-refractivity contribution in [3.63, 3.8) is 0 Å². The zero-order chi connectivity index (χ0) is 17.6. The van der Waals surface area contributed by atoms with Gasteiger partial charge in [-0.15, -0.1) is 0 Å². The van der Waals surface area contributed by atoms with E-state index >= 15 is 0 Å². The van der Waals surface area contributed by atoms with Crippen LogP contribution in [-0.4, -0.2) is 40.1 Å². The van der Waals surface area contributed by atoms with Crippen molar-refractivity contribution in [1.82, 2.24) is 15.2 Å². The topological polar surface area (TPSA) is 85.4 Å². The van der Waals surface area contributed by atoms with Crippen molar-refractivity contribution in [2.24, 2.45) is 0 Å². The molecule has 0 bridgehead atoms. The number of pyridine rings is 1. The molecule has 1 aliphatic heterocycles. The second-order valence-corrected chi connectivity index (χ2v) is 6.40. The number of likely N-dealkylation sites (tertiary alicyclic amines) is 1. The van der Waals surface area contributed by atoms with E-state index in [1.165, 1.54) is 17.8 Å². The molecule has 25 heavy (non-hydrogen) atoms. The summed E-state index contributed by atoms with van der Waals surface area (Å²) in [6, 6.07) is 10.9. The van der Waals surface area contributed by atoms with Gasteiger partial charge in [-0.05, 0) is 30.0 Å². The van der Waals surface area contributed by atoms with Crippen LogP contribution in [0.25, 0.3) is 0 Å². The first kappa shape index (κ1) is 17.4. The van der Waals surface area contributed by atoms with E-state index in [1.54, 1.807) is 6.07 Å². The van der Waals surface area contributed by atoms with Gasteiger partial charge in [-0.25, -0.2) is 0 Å². The molecule has 0 unspecified atom stereocenters. The first-order valence-electron chi connectivity index (χ1n) is 8.56. The summed E-state index contributed by atoms with van der Waals surface area (Å²) in [4.78, 5) is 28.3. The third-order valence-electron chi connectivity index (χ3n) is 4.55. The lowest BCUT2D eigenvalue weighted by atomic mass is 10.0. The van der Waals surface area contributed by atoms with Crippen molar-refractivity contribution in [2.45, 2.75) is 32.0 Å². The second-order valence-electron chi connectivity index (χ2n) is 6.40. The number of aliphatic hydroxyl groups is 1. The van der Waals surface area contributed by atoms with E-state index < -0.39 is 0 Å². The molecule has 1 amide bonds. The van der Waals surface area contributed by atoms with Crippen molar-refractivity contribution >= 4 is 5.91 Å². The van der Waals surface area contributed by atoms with Crippen molar-refractivity contribution in [3.8, 4) is 0 Å². The molecule has 0 atom stereocenters. The fraction of sp³-hybridized carbons (Fsp3) is 0.368. The molecule has 2 heterocycles. The van der Waals surface area contributed by atoms with Gasteiger partial charge in [0.1, 0.15) is 0 Å². The molecular weight excluding hydrogens is 318 g/mol. The van der Waals surface area contributed by atoms with Crippen molar-refractivity contribution in [1.29, 1.82) is 0 Å². The Bertz CT molecular complexity index is 779. The molecule has 1 saturated heterocycles. The van der Waals surface area contributed by atoms with E-state index in [0.717, 1.165) is 38.0 Å². The number of carbonyl (C=O) groups excluding carboxylic acids is 1. The zero-order valence-electron chi connectivity index (χ0n) is 14.1. The summed E-state index contributed by atoms with van der Waals surface area (Å²) in [6.07, 6.45) is 2.90. The molecule has 1 fully saturated rings. The van der Waals surface area contributed by atoms with Crippen LogP contribution in [0.1, 0.15) is 34.3 Å². The van der Waals surface area contributed by atoms with Crippen molar-refractivity contribution in [3.05, 3.63) is 69.6 Å².